The molecule has 0 saturated heterocycles. The Balaban J connectivity index is 1.65. The van der Waals surface area contributed by atoms with Gasteiger partial charge in [0.05, 0.1) is 8.07 Å². The Morgan fingerprint density at radius 1 is 0.438 bits per heavy atom. The first kappa shape index (κ1) is 20.5. The minimum absolute atomic E-state index is 0.280. The van der Waals surface area contributed by atoms with Crippen molar-refractivity contribution >= 4 is 8.07 Å². The third-order valence-corrected chi connectivity index (χ3v) is 13.5. The molecule has 0 N–H and O–H groups in total. The molecule has 0 unspecified atom stereocenters. The van der Waals surface area contributed by atoms with Gasteiger partial charge in [-0.3, -0.25) is 0 Å². The molecule has 0 heterocycles. The summed E-state index contributed by atoms with van der Waals surface area (Å²) in [6.07, 6.45) is 8.12. The molecule has 32 heavy (non-hydrogen) atoms. The molecule has 0 spiro atoms. The lowest BCUT2D eigenvalue weighted by molar-refractivity contribution is -0.0444. The topological polar surface area (TPSA) is 0 Å². The zero-order valence-electron chi connectivity index (χ0n) is 19.9. The van der Waals surface area contributed by atoms with Crippen LogP contribution in [0.4, 0.5) is 0 Å². The monoisotopic (exact) mass is 436 g/mol. The summed E-state index contributed by atoms with van der Waals surface area (Å²) in [4.78, 5) is 0. The Morgan fingerprint density at radius 3 is 0.969 bits per heavy atom. The van der Waals surface area contributed by atoms with Gasteiger partial charge < -0.3 is 0 Å². The molecule has 1 heteroatoms. The summed E-state index contributed by atoms with van der Waals surface area (Å²) in [6, 6.07) is 34.9. The first-order valence-electron chi connectivity index (χ1n) is 12.5. The van der Waals surface area contributed by atoms with Crippen LogP contribution in [0.1, 0.15) is 55.2 Å². The van der Waals surface area contributed by atoms with Gasteiger partial charge in [-0.25, -0.2) is 0 Å². The molecule has 7 rings (SSSR count). The van der Waals surface area contributed by atoms with Crippen molar-refractivity contribution in [3.8, 4) is 0 Å². The van der Waals surface area contributed by atoms with E-state index in [1.54, 1.807) is 16.7 Å². The maximum absolute atomic E-state index is 2.66. The van der Waals surface area contributed by atoms with Gasteiger partial charge in [-0.15, -0.1) is 0 Å². The molecule has 0 amide bonds. The van der Waals surface area contributed by atoms with Crippen LogP contribution in [0, 0.1) is 0 Å². The van der Waals surface area contributed by atoms with Crippen molar-refractivity contribution in [1.29, 1.82) is 0 Å². The van der Waals surface area contributed by atoms with Crippen molar-refractivity contribution < 1.29 is 0 Å². The second-order valence-electron chi connectivity index (χ2n) is 12.5. The Kier molecular flexibility index (Phi) is 4.29. The predicted molar refractivity (Wildman–Crippen MR) is 138 cm³/mol. The standard InChI is InChI=1S/C31H36Si/c1-32(2,3)31-22-28(25-13-7-4-8-14-25)19-29(23-31,26-15-9-5-10-16-26)21-30(20-28,24-31)27-17-11-6-12-18-27/h4-18H,19-24H2,1-3H3. The lowest BCUT2D eigenvalue weighted by Crippen LogP contribution is -2.67. The molecule has 164 valence electrons. The highest BCUT2D eigenvalue weighted by atomic mass is 28.3. The molecule has 4 fully saturated rings. The normalized spacial score (nSPS) is 35.7. The van der Waals surface area contributed by atoms with Crippen molar-refractivity contribution in [2.75, 3.05) is 0 Å². The van der Waals surface area contributed by atoms with Crippen molar-refractivity contribution in [2.24, 2.45) is 0 Å². The van der Waals surface area contributed by atoms with Crippen molar-refractivity contribution in [3.05, 3.63) is 108 Å². The van der Waals surface area contributed by atoms with Crippen LogP contribution in [0.25, 0.3) is 0 Å². The van der Waals surface area contributed by atoms with Gasteiger partial charge in [-0.2, -0.15) is 0 Å². The summed E-state index contributed by atoms with van der Waals surface area (Å²) in [6.45, 7) is 7.99. The first-order chi connectivity index (χ1) is 15.3. The molecular formula is C31H36Si. The zero-order chi connectivity index (χ0) is 22.1. The van der Waals surface area contributed by atoms with Gasteiger partial charge in [-0.1, -0.05) is 111 Å². The number of hydrogen-bond acceptors (Lipinski definition) is 0. The largest absolute Gasteiger partial charge is 0.0691 e. The fourth-order valence-electron chi connectivity index (χ4n) is 8.73. The fraction of sp³-hybridized carbons (Fsp3) is 0.419. The van der Waals surface area contributed by atoms with Crippen LogP contribution in [0.5, 0.6) is 0 Å². The molecule has 4 saturated carbocycles. The van der Waals surface area contributed by atoms with Gasteiger partial charge in [0, 0.05) is 0 Å². The molecule has 0 nitrogen and oxygen atoms in total. The quantitative estimate of drug-likeness (QED) is 0.361. The summed E-state index contributed by atoms with van der Waals surface area (Å²) >= 11 is 0. The summed E-state index contributed by atoms with van der Waals surface area (Å²) in [5.74, 6) is 0. The lowest BCUT2D eigenvalue weighted by atomic mass is 9.36. The van der Waals surface area contributed by atoms with Gasteiger partial charge in [0.15, 0.2) is 0 Å². The number of rotatable bonds is 4. The van der Waals surface area contributed by atoms with E-state index in [4.69, 9.17) is 0 Å². The highest BCUT2D eigenvalue weighted by Crippen LogP contribution is 2.79. The van der Waals surface area contributed by atoms with E-state index in [2.05, 4.69) is 111 Å². The Bertz CT molecular complexity index is 967. The van der Waals surface area contributed by atoms with E-state index in [0.717, 1.165) is 0 Å². The van der Waals surface area contributed by atoms with Gasteiger partial charge >= 0.3 is 0 Å². The molecule has 0 radical (unpaired) electrons. The van der Waals surface area contributed by atoms with Crippen molar-refractivity contribution in [1.82, 2.24) is 0 Å². The maximum atomic E-state index is 2.66. The minimum Gasteiger partial charge on any atom is -0.0691 e. The third kappa shape index (κ3) is 2.80. The summed E-state index contributed by atoms with van der Waals surface area (Å²) < 4.78 is 0. The van der Waals surface area contributed by atoms with Crippen LogP contribution in [-0.4, -0.2) is 8.07 Å². The van der Waals surface area contributed by atoms with Gasteiger partial charge in [-0.05, 0) is 76.5 Å². The van der Waals surface area contributed by atoms with E-state index >= 15 is 0 Å². The van der Waals surface area contributed by atoms with E-state index < -0.39 is 8.07 Å². The average molecular weight is 437 g/mol. The zero-order valence-corrected chi connectivity index (χ0v) is 20.9. The lowest BCUT2D eigenvalue weighted by Gasteiger charge is -2.74. The van der Waals surface area contributed by atoms with Crippen LogP contribution in [-0.2, 0) is 16.2 Å². The predicted octanol–water partition coefficient (Wildman–Crippen LogP) is 8.26. The van der Waals surface area contributed by atoms with E-state index in [9.17, 15) is 0 Å². The van der Waals surface area contributed by atoms with Crippen molar-refractivity contribution in [3.63, 3.8) is 0 Å². The van der Waals surface area contributed by atoms with E-state index in [0.29, 0.717) is 5.04 Å². The molecule has 4 aliphatic carbocycles. The molecule has 3 aromatic carbocycles. The maximum Gasteiger partial charge on any atom is 0.0506 e. The Hall–Kier alpha value is -2.12. The van der Waals surface area contributed by atoms with Gasteiger partial charge in [0.1, 0.15) is 0 Å². The van der Waals surface area contributed by atoms with E-state index in [1.807, 2.05) is 0 Å². The average Bonchev–Trinajstić information content (AvgIpc) is 2.79. The minimum atomic E-state index is -1.45. The molecule has 3 aromatic rings. The second-order valence-corrected chi connectivity index (χ2v) is 18.1. The number of benzene rings is 3. The van der Waals surface area contributed by atoms with Crippen molar-refractivity contribution in [2.45, 2.75) is 79.4 Å². The molecule has 4 bridgehead atoms. The fourth-order valence-corrected chi connectivity index (χ4v) is 11.3. The van der Waals surface area contributed by atoms with Gasteiger partial charge in [0.2, 0.25) is 0 Å². The summed E-state index contributed by atoms with van der Waals surface area (Å²) in [7, 11) is -1.45. The summed E-state index contributed by atoms with van der Waals surface area (Å²) in [5, 5.41) is 0.475. The van der Waals surface area contributed by atoms with Crippen LogP contribution >= 0.6 is 0 Å². The SMILES string of the molecule is C[Si](C)(C)C12CC3(c4ccccc4)CC(c4ccccc4)(CC(c4ccccc4)(C3)C1)C2. The number of hydrogen-bond donors (Lipinski definition) is 0. The van der Waals surface area contributed by atoms with Crippen LogP contribution in [0.3, 0.4) is 0 Å². The van der Waals surface area contributed by atoms with Crippen LogP contribution in [0.15, 0.2) is 91.0 Å². The van der Waals surface area contributed by atoms with E-state index in [1.165, 1.54) is 38.5 Å². The highest BCUT2D eigenvalue weighted by Gasteiger charge is 2.71. The Labute approximate surface area is 195 Å². The molecule has 0 aliphatic heterocycles. The third-order valence-electron chi connectivity index (χ3n) is 9.81. The van der Waals surface area contributed by atoms with Crippen LogP contribution in [0.2, 0.25) is 24.7 Å². The molecule has 0 atom stereocenters. The first-order valence-corrected chi connectivity index (χ1v) is 16.0. The van der Waals surface area contributed by atoms with E-state index in [-0.39, 0.29) is 16.2 Å². The molecule has 0 aromatic heterocycles. The van der Waals surface area contributed by atoms with Gasteiger partial charge in [0.25, 0.3) is 0 Å². The molecule has 4 aliphatic rings. The smallest absolute Gasteiger partial charge is 0.0506 e. The molecular weight excluding hydrogens is 400 g/mol. The Morgan fingerprint density at radius 2 is 0.719 bits per heavy atom. The van der Waals surface area contributed by atoms with Crippen LogP contribution < -0.4 is 0 Å². The second kappa shape index (κ2) is 6.70. The highest BCUT2D eigenvalue weighted by molar-refractivity contribution is 6.79. The summed E-state index contributed by atoms with van der Waals surface area (Å²) in [5.41, 5.74) is 5.64.